The molecule has 7 heteroatoms. The number of ketones is 1. The van der Waals surface area contributed by atoms with E-state index in [1.165, 1.54) is 5.56 Å². The van der Waals surface area contributed by atoms with Gasteiger partial charge in [0.15, 0.2) is 11.5 Å². The van der Waals surface area contributed by atoms with Crippen molar-refractivity contribution in [2.75, 3.05) is 19.0 Å². The fourth-order valence-electron chi connectivity index (χ4n) is 6.28. The number of Topliss-reactive ketones (excluding diaryl/α,β-unsaturated/α-hetero) is 1. The number of phenols is 1. The Hall–Kier alpha value is -4.67. The van der Waals surface area contributed by atoms with E-state index in [1.807, 2.05) is 42.5 Å². The standard InChI is InChI=1S/C42H49NO6/c1-30(44)28-43-35-12-8-11-31(25-35)10-6-4-3-5-7-13-37-27-36(45)19-15-32-17-22-41(47-2)42(26-32)49-29-33-16-20-38-34(24-33)18-21-40(46)39(38)14-9-23-48-37/h8,11-12,16-18,20-22,24-26,30,37,43-44,46H,3-7,10,13-15,19,27-29H2,1-2H3/t30-,37-/m0/s1. The van der Waals surface area contributed by atoms with Crippen molar-refractivity contribution in [3.05, 3.63) is 95.1 Å². The number of aliphatic hydroxyl groups excluding tert-OH is 1. The van der Waals surface area contributed by atoms with Gasteiger partial charge < -0.3 is 29.7 Å². The molecule has 0 aromatic heterocycles. The van der Waals surface area contributed by atoms with Crippen molar-refractivity contribution in [1.82, 2.24) is 0 Å². The number of rotatable bonds is 12. The topological polar surface area (TPSA) is 97.2 Å². The van der Waals surface area contributed by atoms with Crippen LogP contribution in [0.15, 0.2) is 72.8 Å². The molecule has 258 valence electrons. The first-order valence-electron chi connectivity index (χ1n) is 17.6. The maximum absolute atomic E-state index is 13.2. The molecule has 2 aliphatic heterocycles. The van der Waals surface area contributed by atoms with E-state index in [0.717, 1.165) is 78.1 Å². The molecule has 3 N–H and O–H groups in total. The molecule has 0 aliphatic carbocycles. The highest BCUT2D eigenvalue weighted by Gasteiger charge is 2.16. The highest BCUT2D eigenvalue weighted by atomic mass is 16.5. The van der Waals surface area contributed by atoms with Crippen LogP contribution in [-0.2, 0) is 35.4 Å². The van der Waals surface area contributed by atoms with E-state index in [0.29, 0.717) is 50.3 Å². The number of anilines is 1. The molecule has 0 spiro atoms. The number of carbonyl (C=O) groups is 1. The number of hydrogen-bond donors (Lipinski definition) is 3. The normalized spacial score (nSPS) is 15.7. The molecule has 7 nitrogen and oxygen atoms in total. The smallest absolute Gasteiger partial charge is 0.161 e. The molecule has 2 atom stereocenters. The SMILES string of the molecule is COc1ccc2cc1OCc1ccc3c(c(O)ccc3c1)CC#CO[C@@H](CCCCCCCc1cccc(NC[C@H](C)O)c1)CC(=O)CC2. The Kier molecular flexibility index (Phi) is 13.2. The molecule has 2 aliphatic rings. The predicted molar refractivity (Wildman–Crippen MR) is 195 cm³/mol. The van der Waals surface area contributed by atoms with Gasteiger partial charge in [0.2, 0.25) is 0 Å². The summed E-state index contributed by atoms with van der Waals surface area (Å²) >= 11 is 0. The summed E-state index contributed by atoms with van der Waals surface area (Å²) in [5.41, 5.74) is 5.11. The van der Waals surface area contributed by atoms with Gasteiger partial charge in [-0.2, -0.15) is 0 Å². The largest absolute Gasteiger partial charge is 0.508 e. The molecular formula is C42H49NO6. The van der Waals surface area contributed by atoms with Gasteiger partial charge in [0, 0.05) is 37.1 Å². The highest BCUT2D eigenvalue weighted by molar-refractivity contribution is 5.88. The average Bonchev–Trinajstić information content (AvgIpc) is 3.10. The minimum absolute atomic E-state index is 0.146. The van der Waals surface area contributed by atoms with Gasteiger partial charge in [-0.05, 0) is 103 Å². The summed E-state index contributed by atoms with van der Waals surface area (Å²) in [6.07, 6.45) is 11.1. The van der Waals surface area contributed by atoms with Crippen LogP contribution < -0.4 is 14.8 Å². The van der Waals surface area contributed by atoms with Gasteiger partial charge in [0.05, 0.1) is 13.2 Å². The molecule has 0 radical (unpaired) electrons. The third-order valence-electron chi connectivity index (χ3n) is 9.02. The van der Waals surface area contributed by atoms with Gasteiger partial charge in [-0.3, -0.25) is 4.79 Å². The van der Waals surface area contributed by atoms with Gasteiger partial charge in [-0.25, -0.2) is 0 Å². The zero-order valence-corrected chi connectivity index (χ0v) is 28.8. The number of phenolic OH excluding ortho intramolecular Hbond substituents is 1. The van der Waals surface area contributed by atoms with E-state index >= 15 is 0 Å². The molecule has 6 bridgehead atoms. The van der Waals surface area contributed by atoms with Gasteiger partial charge in [-0.1, -0.05) is 61.6 Å². The molecular weight excluding hydrogens is 614 g/mol. The number of fused-ring (bicyclic) bond motifs is 9. The number of aliphatic hydroxyl groups is 1. The van der Waals surface area contributed by atoms with Crippen molar-refractivity contribution >= 4 is 22.2 Å². The maximum atomic E-state index is 13.2. The molecule has 0 unspecified atom stereocenters. The van der Waals surface area contributed by atoms with Crippen LogP contribution in [0.4, 0.5) is 5.69 Å². The third kappa shape index (κ3) is 10.9. The predicted octanol–water partition coefficient (Wildman–Crippen LogP) is 8.30. The summed E-state index contributed by atoms with van der Waals surface area (Å²) in [7, 11) is 1.62. The Balaban J connectivity index is 1.20. The van der Waals surface area contributed by atoms with E-state index in [4.69, 9.17) is 14.2 Å². The third-order valence-corrected chi connectivity index (χ3v) is 9.02. The number of unbranched alkanes of at least 4 members (excludes halogenated alkanes) is 4. The van der Waals surface area contributed by atoms with Gasteiger partial charge in [0.25, 0.3) is 0 Å². The van der Waals surface area contributed by atoms with Crippen LogP contribution in [0.5, 0.6) is 17.2 Å². The minimum Gasteiger partial charge on any atom is -0.508 e. The summed E-state index contributed by atoms with van der Waals surface area (Å²) < 4.78 is 17.8. The quantitative estimate of drug-likeness (QED) is 0.104. The molecule has 49 heavy (non-hydrogen) atoms. The second-order valence-electron chi connectivity index (χ2n) is 13.1. The molecule has 0 saturated heterocycles. The number of hydrogen-bond acceptors (Lipinski definition) is 7. The second kappa shape index (κ2) is 18.2. The van der Waals surface area contributed by atoms with Gasteiger partial charge >= 0.3 is 0 Å². The van der Waals surface area contributed by atoms with E-state index < -0.39 is 0 Å². The first kappa shape index (κ1) is 35.6. The first-order chi connectivity index (χ1) is 23.9. The summed E-state index contributed by atoms with van der Waals surface area (Å²) in [6.45, 7) is 2.68. The number of aromatic hydroxyl groups is 1. The van der Waals surface area contributed by atoms with Crippen molar-refractivity contribution in [1.29, 1.82) is 0 Å². The molecule has 0 fully saturated rings. The number of carbonyl (C=O) groups excluding carboxylic acids is 1. The zero-order chi connectivity index (χ0) is 34.4. The minimum atomic E-state index is -0.381. The van der Waals surface area contributed by atoms with Gasteiger partial charge in [0.1, 0.15) is 30.4 Å². The Morgan fingerprint density at radius 1 is 0.959 bits per heavy atom. The van der Waals surface area contributed by atoms with Crippen molar-refractivity contribution in [2.24, 2.45) is 0 Å². The van der Waals surface area contributed by atoms with Crippen molar-refractivity contribution in [2.45, 2.75) is 96.4 Å². The Morgan fingerprint density at radius 3 is 2.65 bits per heavy atom. The van der Waals surface area contributed by atoms with Crippen molar-refractivity contribution in [3.8, 4) is 29.3 Å². The monoisotopic (exact) mass is 663 g/mol. The number of methoxy groups -OCH3 is 1. The molecule has 0 amide bonds. The van der Waals surface area contributed by atoms with Crippen LogP contribution in [0, 0.1) is 12.0 Å². The summed E-state index contributed by atoms with van der Waals surface area (Å²) in [5.74, 6) is 4.74. The Labute approximate surface area is 290 Å². The average molecular weight is 664 g/mol. The fourth-order valence-corrected chi connectivity index (χ4v) is 6.28. The lowest BCUT2D eigenvalue weighted by Crippen LogP contribution is -2.16. The highest BCUT2D eigenvalue weighted by Crippen LogP contribution is 2.32. The first-order valence-corrected chi connectivity index (χ1v) is 17.6. The second-order valence-corrected chi connectivity index (χ2v) is 13.1. The summed E-state index contributed by atoms with van der Waals surface area (Å²) in [4.78, 5) is 13.2. The van der Waals surface area contributed by atoms with Crippen LogP contribution in [0.2, 0.25) is 0 Å². The zero-order valence-electron chi connectivity index (χ0n) is 28.8. The lowest BCUT2D eigenvalue weighted by atomic mass is 9.99. The maximum Gasteiger partial charge on any atom is 0.161 e. The number of nitrogens with one attached hydrogen (secondary N) is 1. The lowest BCUT2D eigenvalue weighted by Gasteiger charge is -2.15. The summed E-state index contributed by atoms with van der Waals surface area (Å²) in [5, 5.41) is 25.4. The van der Waals surface area contributed by atoms with Crippen LogP contribution in [0.25, 0.3) is 10.8 Å². The van der Waals surface area contributed by atoms with Crippen LogP contribution in [-0.4, -0.2) is 41.9 Å². The van der Waals surface area contributed by atoms with Crippen LogP contribution in [0.3, 0.4) is 0 Å². The number of ether oxygens (including phenoxy) is 3. The van der Waals surface area contributed by atoms with E-state index in [2.05, 4.69) is 41.6 Å². The van der Waals surface area contributed by atoms with Crippen molar-refractivity contribution in [3.63, 3.8) is 0 Å². The van der Waals surface area contributed by atoms with Crippen LogP contribution in [0.1, 0.15) is 80.5 Å². The van der Waals surface area contributed by atoms with E-state index in [-0.39, 0.29) is 23.7 Å². The number of benzene rings is 4. The summed E-state index contributed by atoms with van der Waals surface area (Å²) in [6, 6.07) is 23.9. The van der Waals surface area contributed by atoms with E-state index in [9.17, 15) is 15.0 Å². The van der Waals surface area contributed by atoms with E-state index in [1.54, 1.807) is 20.1 Å². The van der Waals surface area contributed by atoms with Gasteiger partial charge in [-0.15, -0.1) is 0 Å². The molecule has 6 rings (SSSR count). The number of aryl methyl sites for hydroxylation is 2. The fraction of sp³-hybridized carbons (Fsp3) is 0.405. The van der Waals surface area contributed by atoms with Crippen molar-refractivity contribution < 1.29 is 29.2 Å². The Bertz CT molecular complexity index is 1750. The molecule has 0 saturated carbocycles. The van der Waals surface area contributed by atoms with Crippen LogP contribution >= 0.6 is 0 Å². The Morgan fingerprint density at radius 2 is 1.80 bits per heavy atom. The molecule has 4 aromatic carbocycles. The molecule has 4 aromatic rings. The lowest BCUT2D eigenvalue weighted by molar-refractivity contribution is -0.121. The molecule has 2 heterocycles.